The molecule has 1 N–H and O–H groups in total. The molecule has 1 saturated heterocycles. The van der Waals surface area contributed by atoms with Crippen LogP contribution in [0.3, 0.4) is 0 Å². The third-order valence-electron chi connectivity index (χ3n) is 3.43. The van der Waals surface area contributed by atoms with Crippen molar-refractivity contribution in [1.29, 1.82) is 0 Å². The molecule has 0 radical (unpaired) electrons. The first-order chi connectivity index (χ1) is 7.61. The van der Waals surface area contributed by atoms with Crippen molar-refractivity contribution < 1.29 is 0 Å². The Kier molecular flexibility index (Phi) is 6.32. The maximum Gasteiger partial charge on any atom is 0.0115 e. The second-order valence-electron chi connectivity index (χ2n) is 5.37. The average molecular weight is 227 g/mol. The van der Waals surface area contributed by atoms with Gasteiger partial charge in [-0.05, 0) is 47.2 Å². The van der Waals surface area contributed by atoms with E-state index in [2.05, 4.69) is 42.8 Å². The zero-order valence-corrected chi connectivity index (χ0v) is 11.5. The van der Waals surface area contributed by atoms with Gasteiger partial charge >= 0.3 is 0 Å². The van der Waals surface area contributed by atoms with Crippen LogP contribution in [0.5, 0.6) is 0 Å². The zero-order valence-electron chi connectivity index (χ0n) is 11.5. The highest BCUT2D eigenvalue weighted by Gasteiger charge is 2.15. The van der Waals surface area contributed by atoms with Crippen molar-refractivity contribution in [2.24, 2.45) is 0 Å². The van der Waals surface area contributed by atoms with Gasteiger partial charge in [-0.15, -0.1) is 0 Å². The van der Waals surface area contributed by atoms with Crippen molar-refractivity contribution in [2.45, 2.75) is 46.2 Å². The first-order valence-electron chi connectivity index (χ1n) is 6.80. The summed E-state index contributed by atoms with van der Waals surface area (Å²) < 4.78 is 0. The van der Waals surface area contributed by atoms with E-state index in [4.69, 9.17) is 0 Å². The van der Waals surface area contributed by atoms with Gasteiger partial charge in [0.1, 0.15) is 0 Å². The number of rotatable bonds is 5. The Morgan fingerprint density at radius 3 is 2.38 bits per heavy atom. The van der Waals surface area contributed by atoms with Gasteiger partial charge in [-0.1, -0.05) is 0 Å². The summed E-state index contributed by atoms with van der Waals surface area (Å²) in [5, 5.41) is 3.46. The summed E-state index contributed by atoms with van der Waals surface area (Å²) in [7, 11) is 0. The van der Waals surface area contributed by atoms with Gasteiger partial charge < -0.3 is 10.2 Å². The van der Waals surface area contributed by atoms with Crippen molar-refractivity contribution >= 4 is 0 Å². The minimum Gasteiger partial charge on any atom is -0.315 e. The largest absolute Gasteiger partial charge is 0.315 e. The van der Waals surface area contributed by atoms with Gasteiger partial charge in [0, 0.05) is 38.3 Å². The SMILES string of the molecule is CC(C)N(CCN1CCCNCC1)C(C)C. The number of nitrogens with zero attached hydrogens (tertiary/aromatic N) is 2. The van der Waals surface area contributed by atoms with Crippen molar-refractivity contribution in [3.63, 3.8) is 0 Å². The lowest BCUT2D eigenvalue weighted by molar-refractivity contribution is 0.146. The molecule has 96 valence electrons. The molecule has 1 aliphatic heterocycles. The molecule has 0 bridgehead atoms. The van der Waals surface area contributed by atoms with Crippen LogP contribution in [0.15, 0.2) is 0 Å². The van der Waals surface area contributed by atoms with Crippen molar-refractivity contribution in [3.8, 4) is 0 Å². The Morgan fingerprint density at radius 2 is 1.75 bits per heavy atom. The Hall–Kier alpha value is -0.120. The van der Waals surface area contributed by atoms with Gasteiger partial charge in [0.2, 0.25) is 0 Å². The van der Waals surface area contributed by atoms with E-state index in [9.17, 15) is 0 Å². The molecule has 0 amide bonds. The number of nitrogens with one attached hydrogen (secondary N) is 1. The minimum absolute atomic E-state index is 0.658. The highest BCUT2D eigenvalue weighted by atomic mass is 15.2. The van der Waals surface area contributed by atoms with Gasteiger partial charge in [0.15, 0.2) is 0 Å². The van der Waals surface area contributed by atoms with Crippen molar-refractivity contribution in [1.82, 2.24) is 15.1 Å². The summed E-state index contributed by atoms with van der Waals surface area (Å²) in [4.78, 5) is 5.18. The first kappa shape index (κ1) is 13.9. The van der Waals surface area contributed by atoms with E-state index >= 15 is 0 Å². The molecule has 1 heterocycles. The molecule has 0 atom stereocenters. The van der Waals surface area contributed by atoms with Crippen LogP contribution < -0.4 is 5.32 Å². The van der Waals surface area contributed by atoms with Crippen molar-refractivity contribution in [3.05, 3.63) is 0 Å². The molecule has 0 saturated carbocycles. The summed E-state index contributed by atoms with van der Waals surface area (Å²) in [6.07, 6.45) is 1.29. The van der Waals surface area contributed by atoms with E-state index in [1.54, 1.807) is 0 Å². The Balaban J connectivity index is 2.30. The Labute approximate surface area is 101 Å². The molecule has 1 rings (SSSR count). The van der Waals surface area contributed by atoms with E-state index in [1.807, 2.05) is 0 Å². The predicted octanol–water partition coefficient (Wildman–Crippen LogP) is 1.40. The maximum atomic E-state index is 3.46. The fourth-order valence-corrected chi connectivity index (χ4v) is 2.49. The third kappa shape index (κ3) is 4.81. The van der Waals surface area contributed by atoms with Crippen LogP contribution >= 0.6 is 0 Å². The van der Waals surface area contributed by atoms with Crippen molar-refractivity contribution in [2.75, 3.05) is 39.3 Å². The van der Waals surface area contributed by atoms with Crippen LogP contribution in [0.2, 0.25) is 0 Å². The van der Waals surface area contributed by atoms with Crippen LogP contribution in [0, 0.1) is 0 Å². The molecule has 0 unspecified atom stereocenters. The molecule has 1 aliphatic rings. The highest BCUT2D eigenvalue weighted by Crippen LogP contribution is 2.05. The molecule has 0 spiro atoms. The summed E-state index contributed by atoms with van der Waals surface area (Å²) in [6.45, 7) is 16.4. The fourth-order valence-electron chi connectivity index (χ4n) is 2.49. The van der Waals surface area contributed by atoms with Gasteiger partial charge in [-0.2, -0.15) is 0 Å². The number of hydrogen-bond acceptors (Lipinski definition) is 3. The monoisotopic (exact) mass is 227 g/mol. The summed E-state index contributed by atoms with van der Waals surface area (Å²) >= 11 is 0. The first-order valence-corrected chi connectivity index (χ1v) is 6.80. The van der Waals surface area contributed by atoms with Crippen LogP contribution in [0.25, 0.3) is 0 Å². The van der Waals surface area contributed by atoms with Crippen LogP contribution in [-0.2, 0) is 0 Å². The Bertz CT molecular complexity index is 164. The molecule has 0 aromatic heterocycles. The lowest BCUT2D eigenvalue weighted by Gasteiger charge is -2.32. The Morgan fingerprint density at radius 1 is 1.06 bits per heavy atom. The molecule has 16 heavy (non-hydrogen) atoms. The average Bonchev–Trinajstić information content (AvgIpc) is 2.45. The standard InChI is InChI=1S/C13H29N3/c1-12(2)16(13(3)4)11-10-15-8-5-6-14-7-9-15/h12-14H,5-11H2,1-4H3. The summed E-state index contributed by atoms with van der Waals surface area (Å²) in [5.74, 6) is 0. The molecule has 0 aliphatic carbocycles. The summed E-state index contributed by atoms with van der Waals surface area (Å²) in [5.41, 5.74) is 0. The van der Waals surface area contributed by atoms with Gasteiger partial charge in [-0.25, -0.2) is 0 Å². The maximum absolute atomic E-state index is 3.46. The quantitative estimate of drug-likeness (QED) is 0.766. The van der Waals surface area contributed by atoms with E-state index in [-0.39, 0.29) is 0 Å². The second-order valence-corrected chi connectivity index (χ2v) is 5.37. The lowest BCUT2D eigenvalue weighted by Crippen LogP contribution is -2.43. The van der Waals surface area contributed by atoms with E-state index < -0.39 is 0 Å². The number of hydrogen-bond donors (Lipinski definition) is 1. The molecular formula is C13H29N3. The van der Waals surface area contributed by atoms with Crippen LogP contribution in [-0.4, -0.2) is 61.2 Å². The van der Waals surface area contributed by atoms with E-state index in [0.717, 1.165) is 6.54 Å². The minimum atomic E-state index is 0.658. The van der Waals surface area contributed by atoms with Gasteiger partial charge in [-0.3, -0.25) is 4.90 Å². The molecule has 0 aromatic carbocycles. The normalized spacial score (nSPS) is 19.7. The van der Waals surface area contributed by atoms with E-state index in [1.165, 1.54) is 39.1 Å². The van der Waals surface area contributed by atoms with Gasteiger partial charge in [0.25, 0.3) is 0 Å². The molecule has 3 heteroatoms. The fraction of sp³-hybridized carbons (Fsp3) is 1.00. The lowest BCUT2D eigenvalue weighted by atomic mass is 10.2. The highest BCUT2D eigenvalue weighted by molar-refractivity contribution is 4.72. The smallest absolute Gasteiger partial charge is 0.0115 e. The van der Waals surface area contributed by atoms with Crippen LogP contribution in [0.1, 0.15) is 34.1 Å². The molecular weight excluding hydrogens is 198 g/mol. The third-order valence-corrected chi connectivity index (χ3v) is 3.43. The summed E-state index contributed by atoms with van der Waals surface area (Å²) in [6, 6.07) is 1.32. The molecule has 3 nitrogen and oxygen atoms in total. The molecule has 1 fully saturated rings. The predicted molar refractivity (Wildman–Crippen MR) is 70.9 cm³/mol. The topological polar surface area (TPSA) is 18.5 Å². The van der Waals surface area contributed by atoms with Crippen LogP contribution in [0.4, 0.5) is 0 Å². The zero-order chi connectivity index (χ0) is 12.0. The second kappa shape index (κ2) is 7.25. The van der Waals surface area contributed by atoms with Gasteiger partial charge in [0.05, 0.1) is 0 Å². The van der Waals surface area contributed by atoms with E-state index in [0.29, 0.717) is 12.1 Å². The molecule has 0 aromatic rings.